The molecule has 5 heteroatoms. The van der Waals surface area contributed by atoms with Crippen molar-refractivity contribution < 1.29 is 4.79 Å². The van der Waals surface area contributed by atoms with Gasteiger partial charge in [0.1, 0.15) is 0 Å². The minimum atomic E-state index is -0.0796. The zero-order valence-corrected chi connectivity index (χ0v) is 9.56. The number of nitrogens with zero attached hydrogens (tertiary/aromatic N) is 1. The van der Waals surface area contributed by atoms with Crippen LogP contribution < -0.4 is 5.32 Å². The molecule has 2 aromatic rings. The maximum absolute atomic E-state index is 11.1. The molecule has 1 amide bonds. The summed E-state index contributed by atoms with van der Waals surface area (Å²) >= 11 is 4.56. The van der Waals surface area contributed by atoms with Gasteiger partial charge in [-0.25, -0.2) is 4.98 Å². The van der Waals surface area contributed by atoms with E-state index in [2.05, 4.69) is 26.2 Å². The smallest absolute Gasteiger partial charge is 0.236 e. The fourth-order valence-corrected chi connectivity index (χ4v) is 2.10. The third-order valence-corrected chi connectivity index (χ3v) is 3.12. The first-order valence-electron chi connectivity index (χ1n) is 4.01. The van der Waals surface area contributed by atoms with E-state index in [1.54, 1.807) is 0 Å². The lowest BCUT2D eigenvalue weighted by Crippen LogP contribution is -2.11. The maximum Gasteiger partial charge on any atom is 0.236 e. The van der Waals surface area contributed by atoms with Crippen LogP contribution in [0, 0.1) is 0 Å². The van der Waals surface area contributed by atoms with Crippen LogP contribution in [0.3, 0.4) is 0 Å². The van der Waals surface area contributed by atoms with Crippen molar-refractivity contribution in [2.75, 3.05) is 10.6 Å². The molecule has 1 heterocycles. The summed E-state index contributed by atoms with van der Waals surface area (Å²) in [7, 11) is 0. The van der Waals surface area contributed by atoms with Crippen LogP contribution in [-0.4, -0.2) is 16.2 Å². The van der Waals surface area contributed by atoms with Gasteiger partial charge in [0.15, 0.2) is 5.13 Å². The van der Waals surface area contributed by atoms with Crippen molar-refractivity contribution in [3.05, 3.63) is 24.3 Å². The highest BCUT2D eigenvalue weighted by molar-refractivity contribution is 9.09. The van der Waals surface area contributed by atoms with E-state index in [-0.39, 0.29) is 5.91 Å². The second kappa shape index (κ2) is 4.06. The highest BCUT2D eigenvalue weighted by Crippen LogP contribution is 2.25. The van der Waals surface area contributed by atoms with E-state index in [0.717, 1.165) is 10.2 Å². The van der Waals surface area contributed by atoms with Crippen LogP contribution in [0.25, 0.3) is 10.2 Å². The van der Waals surface area contributed by atoms with Gasteiger partial charge in [0, 0.05) is 0 Å². The number of para-hydroxylation sites is 1. The molecule has 0 saturated carbocycles. The van der Waals surface area contributed by atoms with Gasteiger partial charge in [-0.3, -0.25) is 4.79 Å². The first-order chi connectivity index (χ1) is 6.79. The van der Waals surface area contributed by atoms with E-state index in [4.69, 9.17) is 0 Å². The first kappa shape index (κ1) is 9.61. The minimum Gasteiger partial charge on any atom is -0.301 e. The average Bonchev–Trinajstić information content (AvgIpc) is 2.59. The van der Waals surface area contributed by atoms with Crippen molar-refractivity contribution in [3.8, 4) is 0 Å². The summed E-state index contributed by atoms with van der Waals surface area (Å²) < 4.78 is 1.08. The number of hydrogen-bond acceptors (Lipinski definition) is 3. The normalized spacial score (nSPS) is 10.4. The van der Waals surface area contributed by atoms with Crippen molar-refractivity contribution >= 4 is 48.5 Å². The Labute approximate surface area is 93.3 Å². The van der Waals surface area contributed by atoms with Crippen LogP contribution in [0.2, 0.25) is 0 Å². The van der Waals surface area contributed by atoms with Gasteiger partial charge in [-0.05, 0) is 12.1 Å². The average molecular weight is 271 g/mol. The minimum absolute atomic E-state index is 0.0796. The summed E-state index contributed by atoms with van der Waals surface area (Å²) in [5, 5.41) is 3.65. The quantitative estimate of drug-likeness (QED) is 0.853. The van der Waals surface area contributed by atoms with Crippen molar-refractivity contribution in [2.45, 2.75) is 0 Å². The zero-order valence-electron chi connectivity index (χ0n) is 7.16. The third kappa shape index (κ3) is 1.93. The molecule has 1 N–H and O–H groups in total. The van der Waals surface area contributed by atoms with Crippen molar-refractivity contribution in [3.63, 3.8) is 0 Å². The Hall–Kier alpha value is -0.940. The topological polar surface area (TPSA) is 42.0 Å². The summed E-state index contributed by atoms with van der Waals surface area (Å²) in [6.45, 7) is 0. The Bertz CT molecular complexity index is 436. The van der Waals surface area contributed by atoms with E-state index in [0.29, 0.717) is 10.5 Å². The van der Waals surface area contributed by atoms with Gasteiger partial charge in [0.2, 0.25) is 5.91 Å². The lowest BCUT2D eigenvalue weighted by Gasteiger charge is -1.94. The van der Waals surface area contributed by atoms with Crippen molar-refractivity contribution in [1.29, 1.82) is 0 Å². The van der Waals surface area contributed by atoms with Gasteiger partial charge in [0.25, 0.3) is 0 Å². The highest BCUT2D eigenvalue weighted by Gasteiger charge is 2.05. The molecular weight excluding hydrogens is 264 g/mol. The molecule has 0 atom stereocenters. The van der Waals surface area contributed by atoms with Gasteiger partial charge in [0.05, 0.1) is 15.5 Å². The van der Waals surface area contributed by atoms with Gasteiger partial charge < -0.3 is 5.32 Å². The molecule has 0 bridgehead atoms. The maximum atomic E-state index is 11.1. The number of amides is 1. The summed E-state index contributed by atoms with van der Waals surface area (Å²) in [4.78, 5) is 15.3. The monoisotopic (exact) mass is 270 g/mol. The molecule has 0 radical (unpaired) electrons. The molecule has 0 spiro atoms. The van der Waals surface area contributed by atoms with Crippen LogP contribution in [0.15, 0.2) is 24.3 Å². The lowest BCUT2D eigenvalue weighted by molar-refractivity contribution is -0.113. The number of carbonyl (C=O) groups excluding carboxylic acids is 1. The van der Waals surface area contributed by atoms with E-state index < -0.39 is 0 Å². The van der Waals surface area contributed by atoms with Crippen LogP contribution >= 0.6 is 27.3 Å². The fraction of sp³-hybridized carbons (Fsp3) is 0.111. The summed E-state index contributed by atoms with van der Waals surface area (Å²) in [5.74, 6) is -0.0796. The molecule has 72 valence electrons. The van der Waals surface area contributed by atoms with Crippen LogP contribution in [-0.2, 0) is 4.79 Å². The molecule has 1 aromatic carbocycles. The highest BCUT2D eigenvalue weighted by atomic mass is 79.9. The number of thiazole rings is 1. The number of benzene rings is 1. The molecule has 3 nitrogen and oxygen atoms in total. The number of halogens is 1. The predicted octanol–water partition coefficient (Wildman–Crippen LogP) is 2.63. The lowest BCUT2D eigenvalue weighted by atomic mass is 10.3. The van der Waals surface area contributed by atoms with Crippen LogP contribution in [0.1, 0.15) is 0 Å². The van der Waals surface area contributed by atoms with Crippen molar-refractivity contribution in [1.82, 2.24) is 4.98 Å². The third-order valence-electron chi connectivity index (χ3n) is 1.66. The second-order valence-corrected chi connectivity index (χ2v) is 4.26. The number of carbonyl (C=O) groups is 1. The molecular formula is C9H7BrN2OS. The summed E-state index contributed by atoms with van der Waals surface area (Å²) in [6, 6.07) is 7.79. The van der Waals surface area contributed by atoms with E-state index in [1.165, 1.54) is 11.3 Å². The van der Waals surface area contributed by atoms with Gasteiger partial charge in [-0.1, -0.05) is 39.4 Å². The number of aromatic nitrogens is 1. The standard InChI is InChI=1S/C9H7BrN2OS/c10-5-8(13)12-9-11-6-3-1-2-4-7(6)14-9/h1-4H,5H2,(H,11,12,13). The molecule has 0 unspecified atom stereocenters. The summed E-state index contributed by atoms with van der Waals surface area (Å²) in [6.07, 6.45) is 0. The van der Waals surface area contributed by atoms with Crippen molar-refractivity contribution in [2.24, 2.45) is 0 Å². The Morgan fingerprint density at radius 3 is 3.00 bits per heavy atom. The molecule has 14 heavy (non-hydrogen) atoms. The fourth-order valence-electron chi connectivity index (χ4n) is 1.08. The molecule has 0 fully saturated rings. The molecule has 0 aliphatic carbocycles. The Morgan fingerprint density at radius 1 is 1.50 bits per heavy atom. The molecule has 0 aliphatic rings. The van der Waals surface area contributed by atoms with Crippen LogP contribution in [0.5, 0.6) is 0 Å². The number of hydrogen-bond donors (Lipinski definition) is 1. The van der Waals surface area contributed by atoms with Crippen LogP contribution in [0.4, 0.5) is 5.13 Å². The largest absolute Gasteiger partial charge is 0.301 e. The Kier molecular flexibility index (Phi) is 2.79. The molecule has 0 aliphatic heterocycles. The predicted molar refractivity (Wildman–Crippen MR) is 62.0 cm³/mol. The first-order valence-corrected chi connectivity index (χ1v) is 5.95. The number of fused-ring (bicyclic) bond motifs is 1. The van der Waals surface area contributed by atoms with Gasteiger partial charge in [-0.15, -0.1) is 0 Å². The molecule has 0 saturated heterocycles. The SMILES string of the molecule is O=C(CBr)Nc1nc2ccccc2s1. The Morgan fingerprint density at radius 2 is 2.29 bits per heavy atom. The molecule has 1 aromatic heterocycles. The van der Waals surface area contributed by atoms with Gasteiger partial charge >= 0.3 is 0 Å². The Balaban J connectivity index is 2.31. The van der Waals surface area contributed by atoms with E-state index in [1.807, 2.05) is 24.3 Å². The second-order valence-electron chi connectivity index (χ2n) is 2.67. The van der Waals surface area contributed by atoms with E-state index >= 15 is 0 Å². The molecule has 2 rings (SSSR count). The number of anilines is 1. The summed E-state index contributed by atoms with van der Waals surface area (Å²) in [5.41, 5.74) is 0.919. The van der Waals surface area contributed by atoms with E-state index in [9.17, 15) is 4.79 Å². The van der Waals surface area contributed by atoms with Gasteiger partial charge in [-0.2, -0.15) is 0 Å². The number of rotatable bonds is 2. The number of alkyl halides is 1. The number of nitrogens with one attached hydrogen (secondary N) is 1. The zero-order chi connectivity index (χ0) is 9.97.